The molecular weight excluding hydrogens is 385 g/mol. The van der Waals surface area contributed by atoms with Gasteiger partial charge in [-0.2, -0.15) is 0 Å². The Morgan fingerprint density at radius 2 is 1.93 bits per heavy atom. The van der Waals surface area contributed by atoms with Gasteiger partial charge in [-0.25, -0.2) is 13.8 Å². The number of hydrogen-bond acceptors (Lipinski definition) is 3. The van der Waals surface area contributed by atoms with Crippen molar-refractivity contribution in [2.45, 2.75) is 32.9 Å². The number of carbonyl (C=O) groups is 1. The van der Waals surface area contributed by atoms with Gasteiger partial charge in [-0.3, -0.25) is 14.2 Å². The van der Waals surface area contributed by atoms with Crippen molar-refractivity contribution in [1.82, 2.24) is 14.5 Å². The molecule has 0 aliphatic carbocycles. The van der Waals surface area contributed by atoms with Crippen LogP contribution in [0.2, 0.25) is 5.02 Å². The van der Waals surface area contributed by atoms with Crippen molar-refractivity contribution < 1.29 is 9.18 Å². The van der Waals surface area contributed by atoms with Crippen LogP contribution >= 0.6 is 11.6 Å². The molecule has 0 bridgehead atoms. The van der Waals surface area contributed by atoms with E-state index in [-0.39, 0.29) is 29.2 Å². The summed E-state index contributed by atoms with van der Waals surface area (Å²) in [5.41, 5.74) is -1.45. The number of nitrogens with zero attached hydrogens (tertiary/aromatic N) is 2. The third-order valence-electron chi connectivity index (χ3n) is 4.52. The van der Waals surface area contributed by atoms with Gasteiger partial charge in [-0.1, -0.05) is 30.7 Å². The summed E-state index contributed by atoms with van der Waals surface area (Å²) in [6.45, 7) is 3.44. The van der Waals surface area contributed by atoms with Crippen LogP contribution in [-0.2, 0) is 11.3 Å². The van der Waals surface area contributed by atoms with Gasteiger partial charge in [-0.15, -0.1) is 0 Å². The van der Waals surface area contributed by atoms with Gasteiger partial charge in [0.1, 0.15) is 12.4 Å². The molecule has 2 aromatic carbocycles. The highest BCUT2D eigenvalue weighted by Crippen LogP contribution is 2.17. The molecule has 28 heavy (non-hydrogen) atoms. The Balaban J connectivity index is 2.28. The lowest BCUT2D eigenvalue weighted by Gasteiger charge is -2.16. The van der Waals surface area contributed by atoms with Crippen LogP contribution in [0, 0.1) is 5.82 Å². The maximum atomic E-state index is 14.3. The highest BCUT2D eigenvalue weighted by atomic mass is 35.5. The van der Waals surface area contributed by atoms with Crippen molar-refractivity contribution in [2.75, 3.05) is 0 Å². The molecule has 6 nitrogen and oxygen atoms in total. The minimum atomic E-state index is -0.816. The standard InChI is InChI=1S/C20H19ClFN3O3/c1-3-12(2)23-18(26)11-24-17-10-13(21)8-9-14(17)19(27)25(20(24)28)16-7-5-4-6-15(16)22/h4-10,12H,3,11H2,1-2H3,(H,23,26)/t12-/m1/s1. The molecule has 1 atom stereocenters. The minimum Gasteiger partial charge on any atom is -0.352 e. The number of rotatable bonds is 5. The SMILES string of the molecule is CC[C@@H](C)NC(=O)Cn1c(=O)n(-c2ccccc2F)c(=O)c2ccc(Cl)cc21. The minimum absolute atomic E-state index is 0.0736. The number of carbonyl (C=O) groups excluding carboxylic acids is 1. The first-order chi connectivity index (χ1) is 13.3. The molecule has 0 aliphatic rings. The van der Waals surface area contributed by atoms with E-state index in [1.807, 2.05) is 13.8 Å². The zero-order valence-corrected chi connectivity index (χ0v) is 16.2. The van der Waals surface area contributed by atoms with Crippen LogP contribution in [0.25, 0.3) is 16.6 Å². The fraction of sp³-hybridized carbons (Fsp3) is 0.250. The molecule has 3 rings (SSSR count). The molecule has 0 radical (unpaired) electrons. The van der Waals surface area contributed by atoms with Crippen LogP contribution in [0.15, 0.2) is 52.1 Å². The van der Waals surface area contributed by atoms with Crippen LogP contribution in [0.5, 0.6) is 0 Å². The normalized spacial score (nSPS) is 12.1. The number of nitrogens with one attached hydrogen (secondary N) is 1. The first-order valence-corrected chi connectivity index (χ1v) is 9.20. The zero-order valence-electron chi connectivity index (χ0n) is 15.4. The van der Waals surface area contributed by atoms with E-state index in [1.165, 1.54) is 36.4 Å². The molecule has 1 heterocycles. The average molecular weight is 404 g/mol. The van der Waals surface area contributed by atoms with Crippen molar-refractivity contribution in [3.8, 4) is 5.69 Å². The van der Waals surface area contributed by atoms with Crippen LogP contribution < -0.4 is 16.6 Å². The molecule has 0 saturated heterocycles. The molecule has 146 valence electrons. The largest absolute Gasteiger partial charge is 0.352 e. The topological polar surface area (TPSA) is 73.1 Å². The summed E-state index contributed by atoms with van der Waals surface area (Å²) in [4.78, 5) is 38.4. The van der Waals surface area contributed by atoms with E-state index in [9.17, 15) is 18.8 Å². The third-order valence-corrected chi connectivity index (χ3v) is 4.76. The Morgan fingerprint density at radius 1 is 1.21 bits per heavy atom. The highest BCUT2D eigenvalue weighted by molar-refractivity contribution is 6.31. The van der Waals surface area contributed by atoms with Crippen molar-refractivity contribution in [3.05, 3.63) is 74.1 Å². The van der Waals surface area contributed by atoms with E-state index in [1.54, 1.807) is 0 Å². The fourth-order valence-corrected chi connectivity index (χ4v) is 3.07. The van der Waals surface area contributed by atoms with E-state index in [0.717, 1.165) is 21.6 Å². The van der Waals surface area contributed by atoms with Gasteiger partial charge in [0.25, 0.3) is 5.56 Å². The van der Waals surface area contributed by atoms with E-state index in [2.05, 4.69) is 5.32 Å². The summed E-state index contributed by atoms with van der Waals surface area (Å²) in [7, 11) is 0. The molecule has 8 heteroatoms. The number of hydrogen-bond donors (Lipinski definition) is 1. The molecule has 1 N–H and O–H groups in total. The first kappa shape index (κ1) is 19.8. The Hall–Kier alpha value is -2.93. The van der Waals surface area contributed by atoms with Gasteiger partial charge in [0.15, 0.2) is 0 Å². The molecule has 0 unspecified atom stereocenters. The van der Waals surface area contributed by atoms with Crippen molar-refractivity contribution in [3.63, 3.8) is 0 Å². The van der Waals surface area contributed by atoms with E-state index >= 15 is 0 Å². The smallest absolute Gasteiger partial charge is 0.336 e. The van der Waals surface area contributed by atoms with Gasteiger partial charge in [0.05, 0.1) is 16.6 Å². The van der Waals surface area contributed by atoms with Gasteiger partial charge in [-0.05, 0) is 43.7 Å². The van der Waals surface area contributed by atoms with Crippen molar-refractivity contribution in [2.24, 2.45) is 0 Å². The Bertz CT molecular complexity index is 1170. The number of amides is 1. The van der Waals surface area contributed by atoms with Gasteiger partial charge >= 0.3 is 5.69 Å². The molecule has 0 saturated carbocycles. The summed E-state index contributed by atoms with van der Waals surface area (Å²) in [5.74, 6) is -1.11. The van der Waals surface area contributed by atoms with Gasteiger partial charge < -0.3 is 5.32 Å². The molecule has 0 fully saturated rings. The van der Waals surface area contributed by atoms with Gasteiger partial charge in [0, 0.05) is 11.1 Å². The highest BCUT2D eigenvalue weighted by Gasteiger charge is 2.19. The summed E-state index contributed by atoms with van der Waals surface area (Å²) < 4.78 is 16.2. The maximum Gasteiger partial charge on any atom is 0.336 e. The average Bonchev–Trinajstić information content (AvgIpc) is 2.66. The van der Waals surface area contributed by atoms with Crippen molar-refractivity contribution >= 4 is 28.4 Å². The summed E-state index contributed by atoms with van der Waals surface area (Å²) in [5, 5.41) is 3.24. The van der Waals surface area contributed by atoms with E-state index in [0.29, 0.717) is 5.02 Å². The van der Waals surface area contributed by atoms with Crippen LogP contribution in [0.4, 0.5) is 4.39 Å². The number of aromatic nitrogens is 2. The second kappa shape index (κ2) is 7.98. The van der Waals surface area contributed by atoms with E-state index in [4.69, 9.17) is 11.6 Å². The Kier molecular flexibility index (Phi) is 5.65. The van der Waals surface area contributed by atoms with Crippen LogP contribution in [0.1, 0.15) is 20.3 Å². The number of halogens is 2. The summed E-state index contributed by atoms with van der Waals surface area (Å²) in [6, 6.07) is 9.82. The molecular formula is C20H19ClFN3O3. The summed E-state index contributed by atoms with van der Waals surface area (Å²) >= 11 is 6.04. The lowest BCUT2D eigenvalue weighted by molar-refractivity contribution is -0.122. The van der Waals surface area contributed by atoms with Crippen molar-refractivity contribution in [1.29, 1.82) is 0 Å². The Labute approximate surface area is 165 Å². The maximum absolute atomic E-state index is 14.3. The molecule has 3 aromatic rings. The molecule has 1 amide bonds. The van der Waals surface area contributed by atoms with Crippen LogP contribution in [-0.4, -0.2) is 21.1 Å². The lowest BCUT2D eigenvalue weighted by Crippen LogP contribution is -2.43. The van der Waals surface area contributed by atoms with Crippen LogP contribution in [0.3, 0.4) is 0 Å². The Morgan fingerprint density at radius 3 is 2.61 bits per heavy atom. The number of fused-ring (bicyclic) bond motifs is 1. The third kappa shape index (κ3) is 3.71. The molecule has 0 spiro atoms. The van der Waals surface area contributed by atoms with E-state index < -0.39 is 23.0 Å². The second-order valence-corrected chi connectivity index (χ2v) is 6.94. The quantitative estimate of drug-likeness (QED) is 0.712. The fourth-order valence-electron chi connectivity index (χ4n) is 2.90. The first-order valence-electron chi connectivity index (χ1n) is 8.82. The lowest BCUT2D eigenvalue weighted by atomic mass is 10.2. The second-order valence-electron chi connectivity index (χ2n) is 6.50. The molecule has 0 aliphatic heterocycles. The monoisotopic (exact) mass is 403 g/mol. The predicted molar refractivity (Wildman–Crippen MR) is 107 cm³/mol. The zero-order chi connectivity index (χ0) is 20.4. The molecule has 1 aromatic heterocycles. The summed E-state index contributed by atoms with van der Waals surface area (Å²) in [6.07, 6.45) is 0.724. The number of para-hydroxylation sites is 1. The number of benzene rings is 2. The van der Waals surface area contributed by atoms with Gasteiger partial charge in [0.2, 0.25) is 5.91 Å². The predicted octanol–water partition coefficient (Wildman–Crippen LogP) is 2.86.